The van der Waals surface area contributed by atoms with Gasteiger partial charge in [0.25, 0.3) is 11.8 Å². The molecule has 0 aromatic heterocycles. The standard InChI is InChI=1S/C21H21FN2O2/c22-15-9-11-16(12-10-15)23-20(25)18-8-4-5-14-13-24(21(26)19(14)18)17-6-2-1-3-7-17/h4-5,8-12,17H,1-3,6-7,13H2,(H,23,25). The monoisotopic (exact) mass is 352 g/mol. The summed E-state index contributed by atoms with van der Waals surface area (Å²) in [5.74, 6) is -0.744. The van der Waals surface area contributed by atoms with Crippen LogP contribution >= 0.6 is 0 Å². The Hall–Kier alpha value is -2.69. The normalized spacial score (nSPS) is 17.3. The summed E-state index contributed by atoms with van der Waals surface area (Å²) in [6.07, 6.45) is 5.62. The predicted molar refractivity (Wildman–Crippen MR) is 97.5 cm³/mol. The first-order chi connectivity index (χ1) is 12.6. The van der Waals surface area contributed by atoms with Gasteiger partial charge in [-0.25, -0.2) is 4.39 Å². The molecule has 0 atom stereocenters. The van der Waals surface area contributed by atoms with Crippen molar-refractivity contribution >= 4 is 17.5 Å². The second-order valence-electron chi connectivity index (χ2n) is 7.03. The highest BCUT2D eigenvalue weighted by atomic mass is 19.1. The van der Waals surface area contributed by atoms with Gasteiger partial charge in [-0.05, 0) is 48.7 Å². The number of amides is 2. The third kappa shape index (κ3) is 3.09. The molecule has 0 spiro atoms. The van der Waals surface area contributed by atoms with Crippen LogP contribution in [0.4, 0.5) is 10.1 Å². The molecule has 4 nitrogen and oxygen atoms in total. The predicted octanol–water partition coefficient (Wildman–Crippen LogP) is 4.37. The molecule has 0 saturated heterocycles. The molecule has 1 saturated carbocycles. The Morgan fingerprint density at radius 1 is 1.04 bits per heavy atom. The highest BCUT2D eigenvalue weighted by Gasteiger charge is 2.36. The molecular formula is C21H21FN2O2. The Kier molecular flexibility index (Phi) is 4.45. The summed E-state index contributed by atoms with van der Waals surface area (Å²) >= 11 is 0. The van der Waals surface area contributed by atoms with Gasteiger partial charge in [-0.1, -0.05) is 31.4 Å². The van der Waals surface area contributed by atoms with E-state index in [4.69, 9.17) is 0 Å². The highest BCUT2D eigenvalue weighted by Crippen LogP contribution is 2.32. The Balaban J connectivity index is 1.58. The minimum absolute atomic E-state index is 0.0447. The van der Waals surface area contributed by atoms with Crippen LogP contribution in [-0.4, -0.2) is 22.8 Å². The van der Waals surface area contributed by atoms with Gasteiger partial charge >= 0.3 is 0 Å². The van der Waals surface area contributed by atoms with Crippen LogP contribution in [0.25, 0.3) is 0 Å². The Bertz CT molecular complexity index is 842. The Morgan fingerprint density at radius 2 is 1.77 bits per heavy atom. The molecular weight excluding hydrogens is 331 g/mol. The second kappa shape index (κ2) is 6.90. The number of nitrogens with one attached hydrogen (secondary N) is 1. The van der Waals surface area contributed by atoms with Crippen molar-refractivity contribution in [1.29, 1.82) is 0 Å². The lowest BCUT2D eigenvalue weighted by Crippen LogP contribution is -2.37. The van der Waals surface area contributed by atoms with Crippen LogP contribution in [0.2, 0.25) is 0 Å². The molecule has 1 heterocycles. The smallest absolute Gasteiger partial charge is 0.256 e. The zero-order valence-electron chi connectivity index (χ0n) is 14.5. The summed E-state index contributed by atoms with van der Waals surface area (Å²) in [7, 11) is 0. The van der Waals surface area contributed by atoms with E-state index in [1.807, 2.05) is 17.0 Å². The third-order valence-electron chi connectivity index (χ3n) is 5.33. The molecule has 1 aliphatic heterocycles. The maximum absolute atomic E-state index is 13.0. The lowest BCUT2D eigenvalue weighted by Gasteiger charge is -2.30. The van der Waals surface area contributed by atoms with E-state index >= 15 is 0 Å². The van der Waals surface area contributed by atoms with Crippen LogP contribution in [0.15, 0.2) is 42.5 Å². The van der Waals surface area contributed by atoms with E-state index in [9.17, 15) is 14.0 Å². The number of fused-ring (bicyclic) bond motifs is 1. The number of benzene rings is 2. The molecule has 4 rings (SSSR count). The first kappa shape index (κ1) is 16.8. The fourth-order valence-corrected chi connectivity index (χ4v) is 3.99. The number of carbonyl (C=O) groups is 2. The van der Waals surface area contributed by atoms with Crippen molar-refractivity contribution in [2.24, 2.45) is 0 Å². The molecule has 2 aromatic rings. The molecule has 1 aliphatic carbocycles. The van der Waals surface area contributed by atoms with Crippen molar-refractivity contribution in [2.75, 3.05) is 5.32 Å². The molecule has 2 aliphatic rings. The van der Waals surface area contributed by atoms with Gasteiger partial charge in [0, 0.05) is 18.3 Å². The summed E-state index contributed by atoms with van der Waals surface area (Å²) in [5, 5.41) is 2.75. The van der Waals surface area contributed by atoms with Gasteiger partial charge < -0.3 is 10.2 Å². The fourth-order valence-electron chi connectivity index (χ4n) is 3.99. The van der Waals surface area contributed by atoms with Gasteiger partial charge in [0.15, 0.2) is 0 Å². The van der Waals surface area contributed by atoms with Gasteiger partial charge in [-0.15, -0.1) is 0 Å². The summed E-state index contributed by atoms with van der Waals surface area (Å²) in [4.78, 5) is 27.7. The molecule has 0 unspecified atom stereocenters. The van der Waals surface area contributed by atoms with Crippen molar-refractivity contribution in [3.05, 3.63) is 65.0 Å². The van der Waals surface area contributed by atoms with Crippen molar-refractivity contribution in [1.82, 2.24) is 4.90 Å². The topological polar surface area (TPSA) is 49.4 Å². The SMILES string of the molecule is O=C(Nc1ccc(F)cc1)c1cccc2c1C(=O)N(C1CCCCC1)C2. The number of hydrogen-bond acceptors (Lipinski definition) is 2. The summed E-state index contributed by atoms with van der Waals surface area (Å²) in [6.45, 7) is 0.580. The fraction of sp³-hybridized carbons (Fsp3) is 0.333. The third-order valence-corrected chi connectivity index (χ3v) is 5.33. The van der Waals surface area contributed by atoms with Crippen LogP contribution in [0.5, 0.6) is 0 Å². The van der Waals surface area contributed by atoms with Crippen LogP contribution in [0.3, 0.4) is 0 Å². The number of halogens is 1. The van der Waals surface area contributed by atoms with E-state index < -0.39 is 0 Å². The first-order valence-electron chi connectivity index (χ1n) is 9.13. The second-order valence-corrected chi connectivity index (χ2v) is 7.03. The molecule has 2 aromatic carbocycles. The van der Waals surface area contributed by atoms with Gasteiger partial charge in [-0.2, -0.15) is 0 Å². The van der Waals surface area contributed by atoms with Crippen molar-refractivity contribution in [2.45, 2.75) is 44.7 Å². The molecule has 134 valence electrons. The molecule has 0 radical (unpaired) electrons. The summed E-state index contributed by atoms with van der Waals surface area (Å²) in [5.41, 5.74) is 2.31. The van der Waals surface area contributed by atoms with Crippen LogP contribution in [0.1, 0.15) is 58.4 Å². The van der Waals surface area contributed by atoms with Crippen molar-refractivity contribution < 1.29 is 14.0 Å². The van der Waals surface area contributed by atoms with E-state index in [0.29, 0.717) is 23.4 Å². The van der Waals surface area contributed by atoms with E-state index in [-0.39, 0.29) is 23.7 Å². The van der Waals surface area contributed by atoms with E-state index in [0.717, 1.165) is 31.2 Å². The van der Waals surface area contributed by atoms with Gasteiger partial charge in [0.2, 0.25) is 0 Å². The summed E-state index contributed by atoms with van der Waals surface area (Å²) in [6, 6.07) is 11.3. The van der Waals surface area contributed by atoms with Gasteiger partial charge in [0.1, 0.15) is 5.82 Å². The Labute approximate surface area is 152 Å². The number of carbonyl (C=O) groups excluding carboxylic acids is 2. The quantitative estimate of drug-likeness (QED) is 0.892. The lowest BCUT2D eigenvalue weighted by molar-refractivity contribution is 0.0657. The van der Waals surface area contributed by atoms with Crippen molar-refractivity contribution in [3.63, 3.8) is 0 Å². The maximum Gasteiger partial charge on any atom is 0.256 e. The first-order valence-corrected chi connectivity index (χ1v) is 9.13. The zero-order valence-corrected chi connectivity index (χ0v) is 14.5. The van der Waals surface area contributed by atoms with Crippen LogP contribution in [0, 0.1) is 5.82 Å². The van der Waals surface area contributed by atoms with Gasteiger partial charge in [0.05, 0.1) is 11.1 Å². The minimum Gasteiger partial charge on any atom is -0.331 e. The highest BCUT2D eigenvalue weighted by molar-refractivity contribution is 6.13. The number of anilines is 1. The molecule has 0 bridgehead atoms. The Morgan fingerprint density at radius 3 is 2.50 bits per heavy atom. The van der Waals surface area contributed by atoms with E-state index in [2.05, 4.69) is 5.32 Å². The maximum atomic E-state index is 13.0. The van der Waals surface area contributed by atoms with Crippen molar-refractivity contribution in [3.8, 4) is 0 Å². The van der Waals surface area contributed by atoms with E-state index in [1.165, 1.54) is 30.7 Å². The van der Waals surface area contributed by atoms with Crippen LogP contribution in [-0.2, 0) is 6.54 Å². The van der Waals surface area contributed by atoms with Crippen LogP contribution < -0.4 is 5.32 Å². The molecule has 26 heavy (non-hydrogen) atoms. The number of rotatable bonds is 3. The summed E-state index contributed by atoms with van der Waals surface area (Å²) < 4.78 is 13.0. The minimum atomic E-state index is -0.359. The average molecular weight is 352 g/mol. The lowest BCUT2D eigenvalue weighted by atomic mass is 9.94. The van der Waals surface area contributed by atoms with Gasteiger partial charge in [-0.3, -0.25) is 9.59 Å². The molecule has 1 fully saturated rings. The molecule has 5 heteroatoms. The average Bonchev–Trinajstić information content (AvgIpc) is 3.01. The molecule has 2 amide bonds. The number of nitrogens with zero attached hydrogens (tertiary/aromatic N) is 1. The zero-order chi connectivity index (χ0) is 18.1. The number of hydrogen-bond donors (Lipinski definition) is 1. The molecule has 1 N–H and O–H groups in total. The largest absolute Gasteiger partial charge is 0.331 e. The van der Waals surface area contributed by atoms with E-state index in [1.54, 1.807) is 6.07 Å².